The van der Waals surface area contributed by atoms with Crippen LogP contribution in [-0.4, -0.2) is 21.1 Å². The van der Waals surface area contributed by atoms with Crippen LogP contribution in [0.1, 0.15) is 11.4 Å². The lowest BCUT2D eigenvalue weighted by molar-refractivity contribution is 0.658. The minimum Gasteiger partial charge on any atom is -0.331 e. The quantitative estimate of drug-likeness (QED) is 0.721. The first kappa shape index (κ1) is 12.8. The van der Waals surface area contributed by atoms with Gasteiger partial charge in [0.15, 0.2) is 0 Å². The fourth-order valence-electron chi connectivity index (χ4n) is 2.35. The van der Waals surface area contributed by atoms with Crippen molar-refractivity contribution in [2.24, 2.45) is 7.05 Å². The molecule has 3 aromatic rings. The van der Waals surface area contributed by atoms with E-state index in [-0.39, 0.29) is 0 Å². The molecule has 0 aliphatic heterocycles. The molecule has 1 N–H and O–H groups in total. The maximum atomic E-state index is 4.67. The summed E-state index contributed by atoms with van der Waals surface area (Å²) in [6.07, 6.45) is 4.57. The average molecular weight is 266 g/mol. The first-order chi connectivity index (χ1) is 9.84. The Kier molecular flexibility index (Phi) is 3.74. The number of nitrogens with one attached hydrogen (secondary N) is 1. The highest BCUT2D eigenvalue weighted by molar-refractivity contribution is 5.75. The van der Waals surface area contributed by atoms with Gasteiger partial charge in [-0.2, -0.15) is 0 Å². The summed E-state index contributed by atoms with van der Waals surface area (Å²) in [5, 5.41) is 3.44. The first-order valence-corrected chi connectivity index (χ1v) is 6.84. The molecule has 2 aromatic heterocycles. The van der Waals surface area contributed by atoms with Gasteiger partial charge in [-0.25, -0.2) is 4.98 Å². The summed E-state index contributed by atoms with van der Waals surface area (Å²) in [5.41, 5.74) is 3.51. The number of fused-ring (bicyclic) bond motifs is 1. The van der Waals surface area contributed by atoms with E-state index >= 15 is 0 Å². The van der Waals surface area contributed by atoms with Crippen LogP contribution in [0.15, 0.2) is 48.8 Å². The number of pyridine rings is 1. The van der Waals surface area contributed by atoms with E-state index in [9.17, 15) is 0 Å². The van der Waals surface area contributed by atoms with Gasteiger partial charge in [-0.1, -0.05) is 12.1 Å². The fraction of sp³-hybridized carbons (Fsp3) is 0.250. The molecule has 2 heterocycles. The van der Waals surface area contributed by atoms with Crippen LogP contribution in [0.5, 0.6) is 0 Å². The Morgan fingerprint density at radius 3 is 2.70 bits per heavy atom. The number of nitrogens with zero attached hydrogens (tertiary/aromatic N) is 3. The zero-order valence-electron chi connectivity index (χ0n) is 11.6. The Bertz CT molecular complexity index is 688. The van der Waals surface area contributed by atoms with E-state index in [1.54, 1.807) is 0 Å². The van der Waals surface area contributed by atoms with Gasteiger partial charge in [0, 0.05) is 39.0 Å². The molecule has 20 heavy (non-hydrogen) atoms. The van der Waals surface area contributed by atoms with Crippen molar-refractivity contribution in [3.8, 4) is 0 Å². The smallest absolute Gasteiger partial charge is 0.110 e. The van der Waals surface area contributed by atoms with Gasteiger partial charge in [-0.05, 0) is 29.8 Å². The van der Waals surface area contributed by atoms with Gasteiger partial charge in [-0.15, -0.1) is 0 Å². The first-order valence-electron chi connectivity index (χ1n) is 6.84. The molecular weight excluding hydrogens is 248 g/mol. The predicted molar refractivity (Wildman–Crippen MR) is 80.4 cm³/mol. The highest BCUT2D eigenvalue weighted by Crippen LogP contribution is 2.14. The Hall–Kier alpha value is -2.20. The molecule has 0 aliphatic rings. The lowest BCUT2D eigenvalue weighted by Crippen LogP contribution is -2.18. The molecule has 0 spiro atoms. The minimum absolute atomic E-state index is 0.868. The van der Waals surface area contributed by atoms with Crippen molar-refractivity contribution in [1.82, 2.24) is 19.9 Å². The maximum Gasteiger partial charge on any atom is 0.110 e. The van der Waals surface area contributed by atoms with Crippen molar-refractivity contribution < 1.29 is 0 Å². The fourth-order valence-corrected chi connectivity index (χ4v) is 2.35. The topological polar surface area (TPSA) is 42.7 Å². The largest absolute Gasteiger partial charge is 0.331 e. The zero-order valence-corrected chi connectivity index (χ0v) is 11.6. The number of imidazole rings is 1. The molecule has 1 aromatic carbocycles. The summed E-state index contributed by atoms with van der Waals surface area (Å²) >= 11 is 0. The van der Waals surface area contributed by atoms with Crippen molar-refractivity contribution in [2.75, 3.05) is 6.54 Å². The molecule has 0 bridgehead atoms. The van der Waals surface area contributed by atoms with Gasteiger partial charge < -0.3 is 9.88 Å². The molecule has 0 saturated heterocycles. The van der Waals surface area contributed by atoms with Crippen molar-refractivity contribution in [3.63, 3.8) is 0 Å². The Balaban J connectivity index is 1.59. The molecule has 0 saturated carbocycles. The molecule has 0 unspecified atom stereocenters. The summed E-state index contributed by atoms with van der Waals surface area (Å²) in [7, 11) is 2.08. The molecule has 0 aliphatic carbocycles. The lowest BCUT2D eigenvalue weighted by Gasteiger charge is -2.05. The molecule has 0 atom stereocenters. The summed E-state index contributed by atoms with van der Waals surface area (Å²) in [4.78, 5) is 8.69. The van der Waals surface area contributed by atoms with Crippen LogP contribution in [0.25, 0.3) is 11.0 Å². The monoisotopic (exact) mass is 266 g/mol. The summed E-state index contributed by atoms with van der Waals surface area (Å²) in [6, 6.07) is 12.3. The predicted octanol–water partition coefficient (Wildman–Crippen LogP) is 2.30. The molecular formula is C16H18N4. The summed E-state index contributed by atoms with van der Waals surface area (Å²) in [6.45, 7) is 1.78. The maximum absolute atomic E-state index is 4.67. The second-order valence-electron chi connectivity index (χ2n) is 4.86. The Morgan fingerprint density at radius 2 is 1.90 bits per heavy atom. The van der Waals surface area contributed by atoms with Crippen LogP contribution >= 0.6 is 0 Å². The standard InChI is InChI=1S/C16H18N4/c1-20-15-5-3-2-4-14(15)19-16(20)8-11-18-12-13-6-9-17-10-7-13/h2-7,9-10,18H,8,11-12H2,1H3. The SMILES string of the molecule is Cn1c(CCNCc2ccncc2)nc2ccccc21. The summed E-state index contributed by atoms with van der Waals surface area (Å²) < 4.78 is 2.17. The number of para-hydroxylation sites is 2. The van der Waals surface area contributed by atoms with Crippen molar-refractivity contribution in [1.29, 1.82) is 0 Å². The van der Waals surface area contributed by atoms with Crippen LogP contribution < -0.4 is 5.32 Å². The van der Waals surface area contributed by atoms with E-state index in [2.05, 4.69) is 45.1 Å². The summed E-state index contributed by atoms with van der Waals surface area (Å²) in [5.74, 6) is 1.12. The molecule has 102 valence electrons. The number of rotatable bonds is 5. The number of benzene rings is 1. The molecule has 3 rings (SSSR count). The lowest BCUT2D eigenvalue weighted by atomic mass is 10.2. The van der Waals surface area contributed by atoms with E-state index in [4.69, 9.17) is 0 Å². The molecule has 0 amide bonds. The van der Waals surface area contributed by atoms with Crippen LogP contribution in [0, 0.1) is 0 Å². The van der Waals surface area contributed by atoms with E-state index in [0.717, 1.165) is 30.9 Å². The highest BCUT2D eigenvalue weighted by atomic mass is 15.1. The van der Waals surface area contributed by atoms with Gasteiger partial charge in [0.25, 0.3) is 0 Å². The second-order valence-corrected chi connectivity index (χ2v) is 4.86. The van der Waals surface area contributed by atoms with Crippen LogP contribution in [0.2, 0.25) is 0 Å². The van der Waals surface area contributed by atoms with Gasteiger partial charge in [0.1, 0.15) is 5.82 Å². The van der Waals surface area contributed by atoms with Crippen molar-refractivity contribution in [3.05, 3.63) is 60.2 Å². The van der Waals surface area contributed by atoms with Gasteiger partial charge in [-0.3, -0.25) is 4.98 Å². The van der Waals surface area contributed by atoms with E-state index in [0.29, 0.717) is 0 Å². The third-order valence-electron chi connectivity index (χ3n) is 3.48. The molecule has 0 radical (unpaired) electrons. The number of aryl methyl sites for hydroxylation is 1. The van der Waals surface area contributed by atoms with E-state index < -0.39 is 0 Å². The number of aromatic nitrogens is 3. The van der Waals surface area contributed by atoms with E-state index in [1.807, 2.05) is 30.6 Å². The van der Waals surface area contributed by atoms with Crippen LogP contribution in [-0.2, 0) is 20.0 Å². The van der Waals surface area contributed by atoms with Gasteiger partial charge >= 0.3 is 0 Å². The highest BCUT2D eigenvalue weighted by Gasteiger charge is 2.06. The molecule has 4 nitrogen and oxygen atoms in total. The average Bonchev–Trinajstić information content (AvgIpc) is 2.82. The van der Waals surface area contributed by atoms with Crippen molar-refractivity contribution >= 4 is 11.0 Å². The van der Waals surface area contributed by atoms with E-state index in [1.165, 1.54) is 11.1 Å². The van der Waals surface area contributed by atoms with Crippen molar-refractivity contribution in [2.45, 2.75) is 13.0 Å². The normalized spacial score (nSPS) is 11.1. The molecule has 0 fully saturated rings. The van der Waals surface area contributed by atoms with Gasteiger partial charge in [0.2, 0.25) is 0 Å². The minimum atomic E-state index is 0.868. The van der Waals surface area contributed by atoms with Crippen LogP contribution in [0.4, 0.5) is 0 Å². The van der Waals surface area contributed by atoms with Crippen LogP contribution in [0.3, 0.4) is 0 Å². The third-order valence-corrected chi connectivity index (χ3v) is 3.48. The third kappa shape index (κ3) is 2.70. The molecule has 4 heteroatoms. The Labute approximate surface area is 118 Å². The Morgan fingerprint density at radius 1 is 1.10 bits per heavy atom. The number of hydrogen-bond acceptors (Lipinski definition) is 3. The second kappa shape index (κ2) is 5.84. The van der Waals surface area contributed by atoms with Gasteiger partial charge in [0.05, 0.1) is 11.0 Å². The zero-order chi connectivity index (χ0) is 13.8. The number of hydrogen-bond donors (Lipinski definition) is 1.